The molecule has 0 unspecified atom stereocenters. The molecule has 23 heavy (non-hydrogen) atoms. The molecule has 1 heterocycles. The monoisotopic (exact) mass is 344 g/mol. The number of rotatable bonds is 4. The molecule has 1 aromatic heterocycles. The Kier molecular flexibility index (Phi) is 4.60. The molecule has 0 saturated carbocycles. The van der Waals surface area contributed by atoms with Gasteiger partial charge in [-0.2, -0.15) is 0 Å². The van der Waals surface area contributed by atoms with E-state index >= 15 is 0 Å². The summed E-state index contributed by atoms with van der Waals surface area (Å²) in [7, 11) is 1.62. The third-order valence-corrected chi connectivity index (χ3v) is 4.31. The van der Waals surface area contributed by atoms with Gasteiger partial charge in [-0.25, -0.2) is 4.98 Å². The van der Waals surface area contributed by atoms with Gasteiger partial charge in [0.15, 0.2) is 5.13 Å². The number of amides is 1. The Hall–Kier alpha value is -2.37. The van der Waals surface area contributed by atoms with Crippen molar-refractivity contribution in [2.75, 3.05) is 12.4 Å². The first-order valence-corrected chi connectivity index (χ1v) is 8.03. The second-order valence-electron chi connectivity index (χ2n) is 4.73. The number of thiazole rings is 1. The van der Waals surface area contributed by atoms with Crippen molar-refractivity contribution in [3.63, 3.8) is 0 Å². The van der Waals surface area contributed by atoms with Crippen LogP contribution in [-0.4, -0.2) is 18.0 Å². The van der Waals surface area contributed by atoms with Gasteiger partial charge in [-0.15, -0.1) is 0 Å². The van der Waals surface area contributed by atoms with E-state index in [2.05, 4.69) is 10.3 Å². The largest absolute Gasteiger partial charge is 0.497 e. The number of hydrogen-bond donors (Lipinski definition) is 1. The molecular formula is C17H13ClN2O2S. The van der Waals surface area contributed by atoms with Crippen LogP contribution in [-0.2, 0) is 4.79 Å². The highest BCUT2D eigenvalue weighted by Crippen LogP contribution is 2.29. The average Bonchev–Trinajstić information content (AvgIpc) is 2.95. The van der Waals surface area contributed by atoms with Crippen molar-refractivity contribution in [1.82, 2.24) is 4.98 Å². The summed E-state index contributed by atoms with van der Waals surface area (Å²) in [4.78, 5) is 16.3. The molecule has 1 N–H and O–H groups in total. The first kappa shape index (κ1) is 15.5. The highest BCUT2D eigenvalue weighted by atomic mass is 35.5. The van der Waals surface area contributed by atoms with Gasteiger partial charge in [-0.05, 0) is 42.0 Å². The van der Waals surface area contributed by atoms with Crippen LogP contribution in [0.5, 0.6) is 5.75 Å². The molecule has 0 saturated heterocycles. The molecule has 0 atom stereocenters. The van der Waals surface area contributed by atoms with E-state index in [0.717, 1.165) is 21.5 Å². The van der Waals surface area contributed by atoms with Crippen molar-refractivity contribution in [1.29, 1.82) is 0 Å². The van der Waals surface area contributed by atoms with Crippen molar-refractivity contribution < 1.29 is 9.53 Å². The molecular weight excluding hydrogens is 332 g/mol. The predicted octanol–water partition coefficient (Wildman–Crippen LogP) is 4.61. The molecule has 4 nitrogen and oxygen atoms in total. The summed E-state index contributed by atoms with van der Waals surface area (Å²) in [5.74, 6) is 0.535. The predicted molar refractivity (Wildman–Crippen MR) is 95.3 cm³/mol. The van der Waals surface area contributed by atoms with Gasteiger partial charge in [0.25, 0.3) is 0 Å². The van der Waals surface area contributed by atoms with Crippen molar-refractivity contribution in [3.05, 3.63) is 59.1 Å². The van der Waals surface area contributed by atoms with E-state index < -0.39 is 0 Å². The minimum atomic E-state index is -0.231. The van der Waals surface area contributed by atoms with E-state index in [1.165, 1.54) is 17.4 Å². The number of methoxy groups -OCH3 is 1. The molecule has 1 amide bonds. The number of nitrogens with zero attached hydrogens (tertiary/aromatic N) is 1. The Morgan fingerprint density at radius 2 is 2.04 bits per heavy atom. The fourth-order valence-electron chi connectivity index (χ4n) is 1.98. The quantitative estimate of drug-likeness (QED) is 0.703. The van der Waals surface area contributed by atoms with Gasteiger partial charge in [0.1, 0.15) is 5.75 Å². The fourth-order valence-corrected chi connectivity index (χ4v) is 3.00. The smallest absolute Gasteiger partial charge is 0.250 e. The Balaban J connectivity index is 1.71. The maximum atomic E-state index is 12.0. The van der Waals surface area contributed by atoms with Crippen LogP contribution in [0.15, 0.2) is 48.5 Å². The summed E-state index contributed by atoms with van der Waals surface area (Å²) < 4.78 is 6.14. The van der Waals surface area contributed by atoms with E-state index in [1.807, 2.05) is 30.3 Å². The van der Waals surface area contributed by atoms with Crippen LogP contribution in [0.4, 0.5) is 5.13 Å². The first-order chi connectivity index (χ1) is 11.1. The molecule has 0 aliphatic rings. The van der Waals surface area contributed by atoms with Gasteiger partial charge >= 0.3 is 0 Å². The number of halogens is 1. The zero-order valence-electron chi connectivity index (χ0n) is 12.2. The molecule has 0 bridgehead atoms. The summed E-state index contributed by atoms with van der Waals surface area (Å²) in [5, 5.41) is 3.98. The number of benzene rings is 2. The summed E-state index contributed by atoms with van der Waals surface area (Å²) in [6.45, 7) is 0. The highest BCUT2D eigenvalue weighted by Gasteiger charge is 2.06. The van der Waals surface area contributed by atoms with Crippen LogP contribution in [0.3, 0.4) is 0 Å². The average molecular weight is 345 g/mol. The van der Waals surface area contributed by atoms with E-state index in [0.29, 0.717) is 10.2 Å². The van der Waals surface area contributed by atoms with Gasteiger partial charge in [0.05, 0.1) is 17.3 Å². The molecule has 0 spiro atoms. The number of nitrogens with one attached hydrogen (secondary N) is 1. The van der Waals surface area contributed by atoms with E-state index in [1.54, 1.807) is 25.3 Å². The summed E-state index contributed by atoms with van der Waals surface area (Å²) in [6, 6.07) is 12.8. The number of carbonyl (C=O) groups is 1. The zero-order valence-corrected chi connectivity index (χ0v) is 13.8. The van der Waals surface area contributed by atoms with Gasteiger partial charge in [-0.1, -0.05) is 35.1 Å². The van der Waals surface area contributed by atoms with Crippen LogP contribution in [0.25, 0.3) is 16.3 Å². The number of carbonyl (C=O) groups excluding carboxylic acids is 1. The molecule has 2 aromatic carbocycles. The lowest BCUT2D eigenvalue weighted by Crippen LogP contribution is -2.07. The van der Waals surface area contributed by atoms with Gasteiger partial charge in [0.2, 0.25) is 5.91 Å². The van der Waals surface area contributed by atoms with Gasteiger partial charge in [-0.3, -0.25) is 10.1 Å². The lowest BCUT2D eigenvalue weighted by atomic mass is 10.2. The number of fused-ring (bicyclic) bond motifs is 1. The number of ether oxygens (including phenoxy) is 1. The van der Waals surface area contributed by atoms with Crippen molar-refractivity contribution in [3.8, 4) is 5.75 Å². The lowest BCUT2D eigenvalue weighted by molar-refractivity contribution is -0.111. The third kappa shape index (κ3) is 3.88. The lowest BCUT2D eigenvalue weighted by Gasteiger charge is -1.96. The summed E-state index contributed by atoms with van der Waals surface area (Å²) >= 11 is 7.23. The Bertz CT molecular complexity index is 872. The Morgan fingerprint density at radius 1 is 1.26 bits per heavy atom. The molecule has 0 fully saturated rings. The maximum Gasteiger partial charge on any atom is 0.250 e. The van der Waals surface area contributed by atoms with E-state index in [4.69, 9.17) is 16.3 Å². The van der Waals surface area contributed by atoms with Gasteiger partial charge < -0.3 is 4.74 Å². The Morgan fingerprint density at radius 3 is 2.78 bits per heavy atom. The minimum Gasteiger partial charge on any atom is -0.497 e. The van der Waals surface area contributed by atoms with Crippen LogP contribution in [0.2, 0.25) is 5.02 Å². The highest BCUT2D eigenvalue weighted by molar-refractivity contribution is 7.22. The standard InChI is InChI=1S/C17H13ClN2O2S/c1-22-13-7-8-14-15(10-13)23-17(19-14)20-16(21)9-4-11-2-5-12(18)6-3-11/h2-10H,1H3,(H,19,20,21)/b9-4-. The molecule has 0 aliphatic carbocycles. The Labute approximate surface area is 142 Å². The molecule has 0 aliphatic heterocycles. The zero-order chi connectivity index (χ0) is 16.2. The summed E-state index contributed by atoms with van der Waals surface area (Å²) in [6.07, 6.45) is 3.19. The third-order valence-electron chi connectivity index (χ3n) is 3.12. The second kappa shape index (κ2) is 6.81. The van der Waals surface area contributed by atoms with E-state index in [9.17, 15) is 4.79 Å². The van der Waals surface area contributed by atoms with Crippen molar-refractivity contribution >= 4 is 50.3 Å². The minimum absolute atomic E-state index is 0.231. The molecule has 0 radical (unpaired) electrons. The second-order valence-corrected chi connectivity index (χ2v) is 6.19. The van der Waals surface area contributed by atoms with Crippen LogP contribution in [0.1, 0.15) is 5.56 Å². The van der Waals surface area contributed by atoms with E-state index in [-0.39, 0.29) is 5.91 Å². The van der Waals surface area contributed by atoms with Crippen molar-refractivity contribution in [2.24, 2.45) is 0 Å². The molecule has 3 rings (SSSR count). The van der Waals surface area contributed by atoms with Crippen LogP contribution in [0, 0.1) is 0 Å². The first-order valence-electron chi connectivity index (χ1n) is 6.83. The number of anilines is 1. The van der Waals surface area contributed by atoms with Crippen LogP contribution >= 0.6 is 22.9 Å². The van der Waals surface area contributed by atoms with Crippen LogP contribution < -0.4 is 10.1 Å². The fraction of sp³-hybridized carbons (Fsp3) is 0.0588. The summed E-state index contributed by atoms with van der Waals surface area (Å²) in [5.41, 5.74) is 1.73. The molecule has 6 heteroatoms. The molecule has 116 valence electrons. The van der Waals surface area contributed by atoms with Crippen molar-refractivity contribution in [2.45, 2.75) is 0 Å². The van der Waals surface area contributed by atoms with Gasteiger partial charge in [0, 0.05) is 11.1 Å². The topological polar surface area (TPSA) is 51.2 Å². The number of aromatic nitrogens is 1. The number of hydrogen-bond acceptors (Lipinski definition) is 4. The molecule has 3 aromatic rings. The SMILES string of the molecule is COc1ccc2nc(NC(=O)/C=C\c3ccc(Cl)cc3)sc2c1. The maximum absolute atomic E-state index is 12.0. The normalized spacial score (nSPS) is 11.0.